The number of alkyl halides is 6. The van der Waals surface area contributed by atoms with Gasteiger partial charge >= 0.3 is 24.3 Å². The first-order chi connectivity index (χ1) is 17.6. The predicted octanol–water partition coefficient (Wildman–Crippen LogP) is 4.06. The zero-order valence-corrected chi connectivity index (χ0v) is 20.8. The molecule has 2 saturated heterocycles. The van der Waals surface area contributed by atoms with Gasteiger partial charge in [-0.25, -0.2) is 14.6 Å². The summed E-state index contributed by atoms with van der Waals surface area (Å²) >= 11 is 1.67. The Kier molecular flexibility index (Phi) is 11.0. The molecular weight excluding hydrogens is 548 g/mol. The summed E-state index contributed by atoms with van der Waals surface area (Å²) in [6.45, 7) is 6.32. The molecule has 38 heavy (non-hydrogen) atoms. The molecule has 0 amide bonds. The van der Waals surface area contributed by atoms with E-state index in [9.17, 15) is 26.3 Å². The third-order valence-electron chi connectivity index (χ3n) is 5.32. The van der Waals surface area contributed by atoms with Crippen molar-refractivity contribution in [3.8, 4) is 0 Å². The van der Waals surface area contributed by atoms with E-state index in [1.165, 1.54) is 5.56 Å². The van der Waals surface area contributed by atoms with Gasteiger partial charge in [0.05, 0.1) is 35.6 Å². The maximum atomic E-state index is 10.6. The number of rotatable bonds is 5. The van der Waals surface area contributed by atoms with Crippen molar-refractivity contribution < 1.29 is 55.6 Å². The molecule has 2 aromatic rings. The molecule has 2 atom stereocenters. The fourth-order valence-corrected chi connectivity index (χ4v) is 4.28. The molecule has 16 heteroatoms. The molecule has 0 radical (unpaired) electrons. The number of likely N-dealkylation sites (tertiary alicyclic amines) is 1. The van der Waals surface area contributed by atoms with E-state index in [1.54, 1.807) is 11.3 Å². The molecule has 2 N–H and O–H groups in total. The number of carboxylic acid groups (broad SMARTS) is 2. The van der Waals surface area contributed by atoms with E-state index in [1.807, 2.05) is 25.4 Å². The highest BCUT2D eigenvalue weighted by Crippen LogP contribution is 2.37. The minimum atomic E-state index is -5.08. The number of ether oxygens (including phenoxy) is 2. The smallest absolute Gasteiger partial charge is 0.475 e. The van der Waals surface area contributed by atoms with Gasteiger partial charge in [0.1, 0.15) is 0 Å². The van der Waals surface area contributed by atoms with Gasteiger partial charge in [-0.15, -0.1) is 11.3 Å². The van der Waals surface area contributed by atoms with Gasteiger partial charge in [-0.05, 0) is 25.0 Å². The number of carbonyl (C=O) groups is 2. The van der Waals surface area contributed by atoms with E-state index in [0.29, 0.717) is 13.2 Å². The molecule has 1 spiro atoms. The molecule has 4 rings (SSSR count). The maximum Gasteiger partial charge on any atom is 0.490 e. The van der Waals surface area contributed by atoms with Crippen molar-refractivity contribution in [1.82, 2.24) is 14.9 Å². The summed E-state index contributed by atoms with van der Waals surface area (Å²) in [5.74, 6) is -5.51. The lowest BCUT2D eigenvalue weighted by molar-refractivity contribution is -0.193. The summed E-state index contributed by atoms with van der Waals surface area (Å²) < 4.78 is 75.7. The number of aromatic nitrogens is 2. The Labute approximate surface area is 217 Å². The zero-order valence-electron chi connectivity index (χ0n) is 20.0. The van der Waals surface area contributed by atoms with Crippen LogP contribution in [0.4, 0.5) is 26.3 Å². The quantitative estimate of drug-likeness (QED) is 0.510. The number of nitrogens with zero attached hydrogens (tertiary/aromatic N) is 3. The van der Waals surface area contributed by atoms with Gasteiger partial charge in [0, 0.05) is 43.8 Å². The summed E-state index contributed by atoms with van der Waals surface area (Å²) in [6, 6.07) is 4.13. The highest BCUT2D eigenvalue weighted by atomic mass is 32.1. The van der Waals surface area contributed by atoms with Crippen molar-refractivity contribution in [3.05, 3.63) is 46.2 Å². The van der Waals surface area contributed by atoms with Gasteiger partial charge in [0.2, 0.25) is 0 Å². The summed E-state index contributed by atoms with van der Waals surface area (Å²) in [5.41, 5.74) is 2.27. The SMILES string of the molecule is Cc1nc(CO[C@@H]2CO[C@@]3(CCN(Cc4cccnc4)C3)C2)cs1.O=C(O)C(F)(F)F.O=C(O)C(F)(F)F. The maximum absolute atomic E-state index is 10.6. The van der Waals surface area contributed by atoms with E-state index in [-0.39, 0.29) is 11.7 Å². The Morgan fingerprint density at radius 1 is 1.21 bits per heavy atom. The average Bonchev–Trinajstić information content (AvgIpc) is 3.53. The molecule has 2 aliphatic rings. The molecule has 9 nitrogen and oxygen atoms in total. The van der Waals surface area contributed by atoms with Crippen LogP contribution in [0.15, 0.2) is 29.9 Å². The lowest BCUT2D eigenvalue weighted by atomic mass is 9.98. The molecule has 0 aromatic carbocycles. The van der Waals surface area contributed by atoms with Gasteiger partial charge in [-0.2, -0.15) is 26.3 Å². The van der Waals surface area contributed by atoms with Crippen LogP contribution in [0.2, 0.25) is 0 Å². The molecule has 212 valence electrons. The Morgan fingerprint density at radius 2 is 1.84 bits per heavy atom. The highest BCUT2D eigenvalue weighted by molar-refractivity contribution is 7.09. The fourth-order valence-electron chi connectivity index (χ4n) is 3.68. The van der Waals surface area contributed by atoms with E-state index in [2.05, 4.69) is 26.3 Å². The number of carboxylic acids is 2. The van der Waals surface area contributed by atoms with Crippen molar-refractivity contribution in [2.45, 2.75) is 57.0 Å². The van der Waals surface area contributed by atoms with Crippen LogP contribution in [0.25, 0.3) is 0 Å². The third kappa shape index (κ3) is 10.5. The lowest BCUT2D eigenvalue weighted by Crippen LogP contribution is -2.33. The Balaban J connectivity index is 0.000000301. The van der Waals surface area contributed by atoms with Crippen LogP contribution in [0.3, 0.4) is 0 Å². The van der Waals surface area contributed by atoms with Crippen molar-refractivity contribution in [2.24, 2.45) is 0 Å². The molecular formula is C22H25F6N3O6S. The summed E-state index contributed by atoms with van der Waals surface area (Å²) in [6.07, 6.45) is -4.14. The van der Waals surface area contributed by atoms with E-state index >= 15 is 0 Å². The second-order valence-electron chi connectivity index (χ2n) is 8.42. The monoisotopic (exact) mass is 573 g/mol. The number of pyridine rings is 1. The van der Waals surface area contributed by atoms with Crippen LogP contribution in [-0.4, -0.2) is 80.8 Å². The largest absolute Gasteiger partial charge is 0.490 e. The standard InChI is InChI=1S/C18H23N3O2S.2C2HF3O2/c1-14-20-16(12-24-14)10-22-17-7-18(23-11-17)4-6-21(13-18)9-15-3-2-5-19-8-15;2*3-2(4,5)1(6)7/h2-3,5,8,12,17H,4,6-7,9-11,13H2,1H3;2*(H,6,7)/t17-,18-;;/m0../s1. The van der Waals surface area contributed by atoms with Crippen LogP contribution in [-0.2, 0) is 32.2 Å². The molecule has 0 unspecified atom stereocenters. The third-order valence-corrected chi connectivity index (χ3v) is 6.14. The van der Waals surface area contributed by atoms with Gasteiger partial charge in [0.15, 0.2) is 0 Å². The van der Waals surface area contributed by atoms with Gasteiger partial charge in [0.25, 0.3) is 0 Å². The fraction of sp³-hybridized carbons (Fsp3) is 0.545. The summed E-state index contributed by atoms with van der Waals surface area (Å²) in [7, 11) is 0. The second kappa shape index (κ2) is 13.3. The van der Waals surface area contributed by atoms with Crippen LogP contribution < -0.4 is 0 Å². The van der Waals surface area contributed by atoms with Crippen molar-refractivity contribution >= 4 is 23.3 Å². The number of aliphatic carboxylic acids is 2. The van der Waals surface area contributed by atoms with Crippen LogP contribution in [0.5, 0.6) is 0 Å². The lowest BCUT2D eigenvalue weighted by Gasteiger charge is -2.23. The minimum absolute atomic E-state index is 0.0229. The first kappa shape index (κ1) is 31.4. The van der Waals surface area contributed by atoms with Crippen LogP contribution >= 0.6 is 11.3 Å². The van der Waals surface area contributed by atoms with E-state index < -0.39 is 24.3 Å². The first-order valence-electron chi connectivity index (χ1n) is 11.0. The number of hydrogen-bond acceptors (Lipinski definition) is 8. The number of hydrogen-bond donors (Lipinski definition) is 2. The number of halogens is 6. The Bertz CT molecular complexity index is 1030. The molecule has 0 aliphatic carbocycles. The van der Waals surface area contributed by atoms with Crippen molar-refractivity contribution in [1.29, 1.82) is 0 Å². The Morgan fingerprint density at radius 3 is 2.34 bits per heavy atom. The topological polar surface area (TPSA) is 122 Å². The van der Waals surface area contributed by atoms with Crippen LogP contribution in [0, 0.1) is 6.92 Å². The number of aryl methyl sites for hydroxylation is 1. The average molecular weight is 574 g/mol. The molecule has 4 heterocycles. The molecule has 2 aliphatic heterocycles. The van der Waals surface area contributed by atoms with Crippen LogP contribution in [0.1, 0.15) is 29.1 Å². The zero-order chi connectivity index (χ0) is 28.6. The molecule has 2 fully saturated rings. The van der Waals surface area contributed by atoms with E-state index in [0.717, 1.165) is 43.2 Å². The number of thiazole rings is 1. The van der Waals surface area contributed by atoms with E-state index in [4.69, 9.17) is 29.3 Å². The van der Waals surface area contributed by atoms with Gasteiger partial charge < -0.3 is 19.7 Å². The highest BCUT2D eigenvalue weighted by Gasteiger charge is 2.46. The molecule has 2 aromatic heterocycles. The summed E-state index contributed by atoms with van der Waals surface area (Å²) in [4.78, 5) is 28.9. The minimum Gasteiger partial charge on any atom is -0.475 e. The molecule has 0 saturated carbocycles. The van der Waals surface area contributed by atoms with Crippen molar-refractivity contribution in [2.75, 3.05) is 19.7 Å². The second-order valence-corrected chi connectivity index (χ2v) is 9.48. The van der Waals surface area contributed by atoms with Gasteiger partial charge in [-0.1, -0.05) is 6.07 Å². The first-order valence-corrected chi connectivity index (χ1v) is 11.9. The Hall–Kier alpha value is -2.82. The molecule has 0 bridgehead atoms. The normalized spacial score (nSPS) is 21.4. The van der Waals surface area contributed by atoms with Crippen molar-refractivity contribution in [3.63, 3.8) is 0 Å². The summed E-state index contributed by atoms with van der Waals surface area (Å²) in [5, 5.41) is 17.4. The predicted molar refractivity (Wildman–Crippen MR) is 120 cm³/mol. The van der Waals surface area contributed by atoms with Gasteiger partial charge in [-0.3, -0.25) is 9.88 Å².